The minimum Gasteiger partial charge on any atom is -0.360 e. The molecule has 0 fully saturated rings. The molecule has 1 aliphatic heterocycles. The molecular weight excluding hydrogens is 416 g/mol. The molecular formula is C31H38N2O. The van der Waals surface area contributed by atoms with Crippen molar-refractivity contribution in [3.63, 3.8) is 0 Å². The first-order valence-corrected chi connectivity index (χ1v) is 12.4. The van der Waals surface area contributed by atoms with E-state index in [-0.39, 0.29) is 22.9 Å². The van der Waals surface area contributed by atoms with Crippen LogP contribution in [0.15, 0.2) is 66.7 Å². The van der Waals surface area contributed by atoms with Crippen molar-refractivity contribution in [2.75, 3.05) is 10.2 Å². The molecule has 0 spiro atoms. The molecule has 3 aromatic carbocycles. The number of fused-ring (bicyclic) bond motifs is 1. The van der Waals surface area contributed by atoms with Gasteiger partial charge < -0.3 is 5.32 Å². The van der Waals surface area contributed by atoms with Crippen LogP contribution < -0.4 is 10.2 Å². The van der Waals surface area contributed by atoms with Gasteiger partial charge in [-0.05, 0) is 63.8 Å². The molecule has 3 aromatic rings. The van der Waals surface area contributed by atoms with Gasteiger partial charge in [0.25, 0.3) is 5.91 Å². The number of nitrogens with zero attached hydrogens (tertiary/aromatic N) is 1. The Balaban J connectivity index is 1.89. The monoisotopic (exact) mass is 454 g/mol. The fourth-order valence-corrected chi connectivity index (χ4v) is 4.54. The molecule has 0 saturated heterocycles. The maximum atomic E-state index is 13.9. The summed E-state index contributed by atoms with van der Waals surface area (Å²) < 4.78 is 0. The van der Waals surface area contributed by atoms with Gasteiger partial charge in [-0.2, -0.15) is 0 Å². The van der Waals surface area contributed by atoms with Crippen molar-refractivity contribution in [2.24, 2.45) is 0 Å². The molecule has 34 heavy (non-hydrogen) atoms. The van der Waals surface area contributed by atoms with Gasteiger partial charge in [0.2, 0.25) is 0 Å². The second-order valence-electron chi connectivity index (χ2n) is 11.5. The van der Waals surface area contributed by atoms with Gasteiger partial charge in [0, 0.05) is 11.4 Å². The molecule has 1 unspecified atom stereocenters. The normalized spacial score (nSPS) is 16.3. The lowest BCUT2D eigenvalue weighted by atomic mass is 9.79. The Morgan fingerprint density at radius 3 is 1.97 bits per heavy atom. The van der Waals surface area contributed by atoms with Gasteiger partial charge in [-0.1, -0.05) is 97.4 Å². The molecule has 178 valence electrons. The SMILES string of the molecule is CCCc1ccc(N2C(=O)c3ccccc3NC2c2cc(C(C)(C)C)cc(C(C)(C)C)c2)cc1. The fourth-order valence-electron chi connectivity index (χ4n) is 4.54. The first kappa shape index (κ1) is 24.1. The highest BCUT2D eigenvalue weighted by molar-refractivity contribution is 6.12. The Morgan fingerprint density at radius 2 is 1.41 bits per heavy atom. The third-order valence-corrected chi connectivity index (χ3v) is 6.68. The number of benzene rings is 3. The van der Waals surface area contributed by atoms with Gasteiger partial charge in [-0.25, -0.2) is 0 Å². The highest BCUT2D eigenvalue weighted by atomic mass is 16.2. The minimum atomic E-state index is -0.289. The topological polar surface area (TPSA) is 32.3 Å². The van der Waals surface area contributed by atoms with E-state index in [1.165, 1.54) is 16.7 Å². The Kier molecular flexibility index (Phi) is 6.33. The molecule has 4 rings (SSSR count). The summed E-state index contributed by atoms with van der Waals surface area (Å²) in [5.74, 6) is 0.0288. The van der Waals surface area contributed by atoms with Crippen LogP contribution >= 0.6 is 0 Å². The first-order chi connectivity index (χ1) is 16.0. The molecule has 1 N–H and O–H groups in total. The molecule has 1 amide bonds. The number of amides is 1. The molecule has 0 aliphatic carbocycles. The van der Waals surface area contributed by atoms with Crippen molar-refractivity contribution in [1.29, 1.82) is 0 Å². The quantitative estimate of drug-likeness (QED) is 0.433. The first-order valence-electron chi connectivity index (χ1n) is 12.4. The second-order valence-corrected chi connectivity index (χ2v) is 11.5. The molecule has 1 atom stereocenters. The zero-order chi connectivity index (χ0) is 24.7. The van der Waals surface area contributed by atoms with Crippen LogP contribution in [-0.4, -0.2) is 5.91 Å². The molecule has 0 aromatic heterocycles. The third kappa shape index (κ3) is 4.75. The van der Waals surface area contributed by atoms with Crippen molar-refractivity contribution in [1.82, 2.24) is 0 Å². The second kappa shape index (κ2) is 8.94. The van der Waals surface area contributed by atoms with Gasteiger partial charge >= 0.3 is 0 Å². The van der Waals surface area contributed by atoms with E-state index < -0.39 is 0 Å². The van der Waals surface area contributed by atoms with E-state index in [9.17, 15) is 4.79 Å². The summed E-state index contributed by atoms with van der Waals surface area (Å²) >= 11 is 0. The summed E-state index contributed by atoms with van der Waals surface area (Å²) in [7, 11) is 0. The van der Waals surface area contributed by atoms with Crippen LogP contribution in [0.25, 0.3) is 0 Å². The summed E-state index contributed by atoms with van der Waals surface area (Å²) in [6, 6.07) is 23.2. The van der Waals surface area contributed by atoms with Crippen LogP contribution in [-0.2, 0) is 17.3 Å². The summed E-state index contributed by atoms with van der Waals surface area (Å²) in [5, 5.41) is 3.69. The van der Waals surface area contributed by atoms with Crippen LogP contribution in [0.3, 0.4) is 0 Å². The number of carbonyl (C=O) groups is 1. The third-order valence-electron chi connectivity index (χ3n) is 6.68. The summed E-state index contributed by atoms with van der Waals surface area (Å²) in [4.78, 5) is 15.8. The molecule has 3 heteroatoms. The summed E-state index contributed by atoms with van der Waals surface area (Å²) in [6.07, 6.45) is 1.86. The number of hydrogen-bond donors (Lipinski definition) is 1. The van der Waals surface area contributed by atoms with E-state index in [2.05, 4.69) is 96.2 Å². The number of aryl methyl sites for hydroxylation is 1. The molecule has 0 saturated carbocycles. The zero-order valence-electron chi connectivity index (χ0n) is 21.7. The lowest BCUT2D eigenvalue weighted by molar-refractivity contribution is 0.0975. The molecule has 0 radical (unpaired) electrons. The number of rotatable bonds is 4. The summed E-state index contributed by atoms with van der Waals surface area (Å²) in [6.45, 7) is 15.7. The molecule has 3 nitrogen and oxygen atoms in total. The van der Waals surface area contributed by atoms with E-state index in [1.807, 2.05) is 29.2 Å². The Bertz CT molecular complexity index is 1150. The van der Waals surface area contributed by atoms with Crippen molar-refractivity contribution in [3.8, 4) is 0 Å². The highest BCUT2D eigenvalue weighted by Gasteiger charge is 2.35. The van der Waals surface area contributed by atoms with Gasteiger partial charge in [0.1, 0.15) is 6.17 Å². The standard InChI is InChI=1S/C31H38N2O/c1-8-11-21-14-16-25(17-15-21)33-28(32-27-13-10-9-12-26(27)29(33)34)22-18-23(30(2,3)4)20-24(19-22)31(5,6)7/h9-10,12-20,28,32H,8,11H2,1-7H3. The van der Waals surface area contributed by atoms with E-state index in [0.717, 1.165) is 29.8 Å². The van der Waals surface area contributed by atoms with Crippen LogP contribution in [0, 0.1) is 0 Å². The maximum absolute atomic E-state index is 13.9. The molecule has 1 aliphatic rings. The lowest BCUT2D eigenvalue weighted by Crippen LogP contribution is -2.43. The summed E-state index contributed by atoms with van der Waals surface area (Å²) in [5.41, 5.74) is 7.47. The molecule has 0 bridgehead atoms. The smallest absolute Gasteiger partial charge is 0.262 e. The van der Waals surface area contributed by atoms with Gasteiger partial charge in [0.05, 0.1) is 5.56 Å². The average Bonchev–Trinajstić information content (AvgIpc) is 2.78. The highest BCUT2D eigenvalue weighted by Crippen LogP contribution is 2.39. The van der Waals surface area contributed by atoms with Gasteiger partial charge in [0.15, 0.2) is 0 Å². The van der Waals surface area contributed by atoms with Gasteiger partial charge in [-0.3, -0.25) is 9.69 Å². The minimum absolute atomic E-state index is 0.000770. The van der Waals surface area contributed by atoms with Crippen molar-refractivity contribution in [2.45, 2.75) is 78.3 Å². The maximum Gasteiger partial charge on any atom is 0.262 e. The van der Waals surface area contributed by atoms with Crippen LogP contribution in [0.4, 0.5) is 11.4 Å². The van der Waals surface area contributed by atoms with E-state index in [0.29, 0.717) is 5.56 Å². The van der Waals surface area contributed by atoms with Crippen LogP contribution in [0.5, 0.6) is 0 Å². The number of anilines is 2. The largest absolute Gasteiger partial charge is 0.360 e. The number of carbonyl (C=O) groups excluding carboxylic acids is 1. The van der Waals surface area contributed by atoms with Crippen molar-refractivity contribution >= 4 is 17.3 Å². The predicted molar refractivity (Wildman–Crippen MR) is 144 cm³/mol. The number of hydrogen-bond acceptors (Lipinski definition) is 2. The van der Waals surface area contributed by atoms with Gasteiger partial charge in [-0.15, -0.1) is 0 Å². The zero-order valence-corrected chi connectivity index (χ0v) is 21.7. The fraction of sp³-hybridized carbons (Fsp3) is 0.387. The van der Waals surface area contributed by atoms with E-state index in [4.69, 9.17) is 0 Å². The van der Waals surface area contributed by atoms with E-state index >= 15 is 0 Å². The molecule has 1 heterocycles. The lowest BCUT2D eigenvalue weighted by Gasteiger charge is -2.39. The Labute approximate surface area is 205 Å². The van der Waals surface area contributed by atoms with Crippen molar-refractivity contribution < 1.29 is 4.79 Å². The Morgan fingerprint density at radius 1 is 0.824 bits per heavy atom. The number of para-hydroxylation sites is 1. The average molecular weight is 455 g/mol. The number of nitrogens with one attached hydrogen (secondary N) is 1. The van der Waals surface area contributed by atoms with Crippen LogP contribution in [0.1, 0.15) is 93.7 Å². The van der Waals surface area contributed by atoms with Crippen LogP contribution in [0.2, 0.25) is 0 Å². The van der Waals surface area contributed by atoms with Crippen molar-refractivity contribution in [3.05, 3.63) is 94.5 Å². The predicted octanol–water partition coefficient (Wildman–Crippen LogP) is 8.01. The Hall–Kier alpha value is -3.07. The van der Waals surface area contributed by atoms with E-state index in [1.54, 1.807) is 0 Å².